The summed E-state index contributed by atoms with van der Waals surface area (Å²) >= 11 is 1.58. The van der Waals surface area contributed by atoms with Crippen molar-refractivity contribution in [1.29, 1.82) is 0 Å². The average molecular weight is 361 g/mol. The van der Waals surface area contributed by atoms with Crippen LogP contribution < -0.4 is 10.9 Å². The first-order valence-electron chi connectivity index (χ1n) is 8.57. The lowest BCUT2D eigenvalue weighted by Gasteiger charge is -2.17. The van der Waals surface area contributed by atoms with Gasteiger partial charge >= 0.3 is 0 Å². The monoisotopic (exact) mass is 361 g/mol. The van der Waals surface area contributed by atoms with Crippen molar-refractivity contribution in [2.45, 2.75) is 26.8 Å². The van der Waals surface area contributed by atoms with E-state index < -0.39 is 0 Å². The van der Waals surface area contributed by atoms with Crippen molar-refractivity contribution in [3.8, 4) is 0 Å². The van der Waals surface area contributed by atoms with Crippen molar-refractivity contribution in [3.05, 3.63) is 34.2 Å². The van der Waals surface area contributed by atoms with Gasteiger partial charge in [0.1, 0.15) is 18.4 Å². The van der Waals surface area contributed by atoms with Crippen LogP contribution in [0.15, 0.2) is 28.6 Å². The fraction of sp³-hybridized carbons (Fsp3) is 0.471. The van der Waals surface area contributed by atoms with E-state index in [2.05, 4.69) is 29.2 Å². The molecule has 134 valence electrons. The zero-order valence-electron chi connectivity index (χ0n) is 14.6. The largest absolute Gasteiger partial charge is 0.354 e. The Bertz CT molecular complexity index is 922. The highest BCUT2D eigenvalue weighted by Crippen LogP contribution is 2.22. The molecule has 3 aromatic heterocycles. The van der Waals surface area contributed by atoms with Crippen LogP contribution in [-0.4, -0.2) is 51.2 Å². The molecule has 8 heteroatoms. The first-order chi connectivity index (χ1) is 12.1. The molecule has 25 heavy (non-hydrogen) atoms. The average Bonchev–Trinajstić information content (AvgIpc) is 3.19. The van der Waals surface area contributed by atoms with E-state index in [4.69, 9.17) is 0 Å². The summed E-state index contributed by atoms with van der Waals surface area (Å²) < 4.78 is 4.03. The minimum absolute atomic E-state index is 0.0561. The van der Waals surface area contributed by atoms with Gasteiger partial charge in [-0.2, -0.15) is 5.10 Å². The van der Waals surface area contributed by atoms with Crippen LogP contribution in [-0.2, 0) is 11.3 Å². The van der Waals surface area contributed by atoms with Gasteiger partial charge in [-0.1, -0.05) is 13.8 Å². The summed E-state index contributed by atoms with van der Waals surface area (Å²) in [5.74, 6) is -0.188. The molecule has 0 radical (unpaired) electrons. The number of hydrogen-bond acceptors (Lipinski definition) is 5. The topological polar surface area (TPSA) is 71.6 Å². The number of nitrogens with zero attached hydrogens (tertiary/aromatic N) is 4. The summed E-state index contributed by atoms with van der Waals surface area (Å²) in [4.78, 5) is 26.9. The second-order valence-corrected chi connectivity index (χ2v) is 6.84. The van der Waals surface area contributed by atoms with E-state index in [1.54, 1.807) is 22.1 Å². The summed E-state index contributed by atoms with van der Waals surface area (Å²) in [6.45, 7) is 7.78. The molecule has 0 aromatic carbocycles. The first-order valence-corrected chi connectivity index (χ1v) is 9.45. The maximum atomic E-state index is 12.5. The van der Waals surface area contributed by atoms with Crippen LogP contribution in [0.3, 0.4) is 0 Å². The molecule has 0 aliphatic rings. The number of aromatic nitrogens is 3. The van der Waals surface area contributed by atoms with E-state index in [1.165, 1.54) is 4.68 Å². The minimum Gasteiger partial charge on any atom is -0.354 e. The molecule has 1 N–H and O–H groups in total. The van der Waals surface area contributed by atoms with E-state index >= 15 is 0 Å². The van der Waals surface area contributed by atoms with Crippen molar-refractivity contribution in [3.63, 3.8) is 0 Å². The first kappa shape index (κ1) is 17.6. The molecule has 3 heterocycles. The Labute approximate surface area is 149 Å². The third kappa shape index (κ3) is 3.74. The predicted octanol–water partition coefficient (Wildman–Crippen LogP) is 1.56. The van der Waals surface area contributed by atoms with Crippen LogP contribution in [0.5, 0.6) is 0 Å². The molecule has 3 rings (SSSR count). The van der Waals surface area contributed by atoms with Gasteiger partial charge in [-0.05, 0) is 43.6 Å². The van der Waals surface area contributed by atoms with Gasteiger partial charge in [0.25, 0.3) is 5.56 Å². The van der Waals surface area contributed by atoms with E-state index in [-0.39, 0.29) is 18.0 Å². The van der Waals surface area contributed by atoms with Gasteiger partial charge in [-0.25, -0.2) is 4.68 Å². The Morgan fingerprint density at radius 3 is 2.88 bits per heavy atom. The Balaban J connectivity index is 1.61. The summed E-state index contributed by atoms with van der Waals surface area (Å²) in [6, 6.07) is 3.81. The van der Waals surface area contributed by atoms with E-state index in [0.29, 0.717) is 12.1 Å². The van der Waals surface area contributed by atoms with Gasteiger partial charge < -0.3 is 10.2 Å². The van der Waals surface area contributed by atoms with E-state index in [0.717, 1.165) is 36.3 Å². The van der Waals surface area contributed by atoms with Crippen molar-refractivity contribution < 1.29 is 4.79 Å². The smallest absolute Gasteiger partial charge is 0.291 e. The quantitative estimate of drug-likeness (QED) is 0.618. The molecular formula is C17H23N5O2S. The third-order valence-corrected chi connectivity index (χ3v) is 5.23. The summed E-state index contributed by atoms with van der Waals surface area (Å²) in [5, 5.41) is 8.98. The molecule has 0 spiro atoms. The lowest BCUT2D eigenvalue weighted by molar-refractivity contribution is -0.121. The Kier molecular flexibility index (Phi) is 5.50. The molecule has 0 atom stereocenters. The van der Waals surface area contributed by atoms with Gasteiger partial charge in [0.05, 0.1) is 10.2 Å². The molecule has 0 aliphatic heterocycles. The zero-order chi connectivity index (χ0) is 17.8. The summed E-state index contributed by atoms with van der Waals surface area (Å²) in [5.41, 5.74) is 1.27. The van der Waals surface area contributed by atoms with Gasteiger partial charge in [0.15, 0.2) is 0 Å². The number of thiophene rings is 1. The maximum Gasteiger partial charge on any atom is 0.291 e. The molecule has 0 aliphatic carbocycles. The molecule has 0 saturated heterocycles. The molecule has 0 bridgehead atoms. The van der Waals surface area contributed by atoms with Crippen LogP contribution in [0.4, 0.5) is 0 Å². The van der Waals surface area contributed by atoms with E-state index in [1.807, 2.05) is 17.5 Å². The second kappa shape index (κ2) is 7.79. The lowest BCUT2D eigenvalue weighted by Crippen LogP contribution is -2.35. The highest BCUT2D eigenvalue weighted by Gasteiger charge is 2.12. The number of amides is 1. The molecule has 0 saturated carbocycles. The van der Waals surface area contributed by atoms with Crippen LogP contribution in [0.25, 0.3) is 15.7 Å². The molecular weight excluding hydrogens is 338 g/mol. The number of nitrogens with one attached hydrogen (secondary N) is 1. The SMILES string of the molecule is CCN(CC)CCCNC(=O)Cn1ncn2c(cc3sccc32)c1=O. The molecule has 7 nitrogen and oxygen atoms in total. The second-order valence-electron chi connectivity index (χ2n) is 5.89. The van der Waals surface area contributed by atoms with Gasteiger partial charge in [0.2, 0.25) is 5.91 Å². The number of carbonyl (C=O) groups is 1. The van der Waals surface area contributed by atoms with Crippen LogP contribution in [0, 0.1) is 0 Å². The number of hydrogen-bond donors (Lipinski definition) is 1. The molecule has 3 aromatic rings. The Morgan fingerprint density at radius 2 is 2.12 bits per heavy atom. The van der Waals surface area contributed by atoms with Crippen LogP contribution in [0.2, 0.25) is 0 Å². The minimum atomic E-state index is -0.246. The molecule has 0 fully saturated rings. The van der Waals surface area contributed by atoms with Crippen molar-refractivity contribution in [1.82, 2.24) is 24.4 Å². The zero-order valence-corrected chi connectivity index (χ0v) is 15.4. The Hall–Kier alpha value is -2.19. The summed E-state index contributed by atoms with van der Waals surface area (Å²) in [7, 11) is 0. The van der Waals surface area contributed by atoms with Crippen molar-refractivity contribution in [2.24, 2.45) is 0 Å². The number of carbonyl (C=O) groups excluding carboxylic acids is 1. The van der Waals surface area contributed by atoms with Gasteiger partial charge in [-0.15, -0.1) is 11.3 Å². The van der Waals surface area contributed by atoms with Crippen molar-refractivity contribution in [2.75, 3.05) is 26.2 Å². The van der Waals surface area contributed by atoms with Gasteiger partial charge in [-0.3, -0.25) is 14.0 Å². The number of rotatable bonds is 8. The maximum absolute atomic E-state index is 12.5. The molecule has 0 unspecified atom stereocenters. The fourth-order valence-electron chi connectivity index (χ4n) is 2.91. The third-order valence-electron chi connectivity index (χ3n) is 4.38. The standard InChI is InChI=1S/C17H23N5O2S/c1-3-20(4-2)8-5-7-18-16(23)11-22-17(24)14-10-15-13(6-9-25-15)21(14)12-19-22/h6,9-10,12H,3-5,7-8,11H2,1-2H3,(H,18,23). The Morgan fingerprint density at radius 1 is 1.32 bits per heavy atom. The highest BCUT2D eigenvalue weighted by molar-refractivity contribution is 7.17. The number of fused-ring (bicyclic) bond motifs is 3. The van der Waals surface area contributed by atoms with Gasteiger partial charge in [0, 0.05) is 6.54 Å². The lowest BCUT2D eigenvalue weighted by atomic mass is 10.3. The van der Waals surface area contributed by atoms with E-state index in [9.17, 15) is 9.59 Å². The van der Waals surface area contributed by atoms with Crippen LogP contribution >= 0.6 is 11.3 Å². The normalized spacial score (nSPS) is 11.6. The van der Waals surface area contributed by atoms with Crippen molar-refractivity contribution >= 4 is 33.0 Å². The fourth-order valence-corrected chi connectivity index (χ4v) is 3.72. The predicted molar refractivity (Wildman–Crippen MR) is 100 cm³/mol. The molecule has 1 amide bonds. The van der Waals surface area contributed by atoms with Crippen LogP contribution in [0.1, 0.15) is 20.3 Å². The highest BCUT2D eigenvalue weighted by atomic mass is 32.1. The summed E-state index contributed by atoms with van der Waals surface area (Å²) in [6.07, 6.45) is 2.49.